The van der Waals surface area contributed by atoms with Crippen molar-refractivity contribution in [3.05, 3.63) is 62.6 Å². The van der Waals surface area contributed by atoms with Gasteiger partial charge in [-0.05, 0) is 18.2 Å². The van der Waals surface area contributed by atoms with Crippen LogP contribution in [-0.4, -0.2) is 4.98 Å². The lowest BCUT2D eigenvalue weighted by Crippen LogP contribution is -2.30. The maximum atomic E-state index is 13.9. The first-order chi connectivity index (χ1) is 9.02. The SMILES string of the molecule is NNC(c1ccc(Cl)cc1F)c1ncc(Cl)cc1Cl. The summed E-state index contributed by atoms with van der Waals surface area (Å²) >= 11 is 17.5. The van der Waals surface area contributed by atoms with E-state index in [1.54, 1.807) is 6.07 Å². The van der Waals surface area contributed by atoms with Gasteiger partial charge in [-0.25, -0.2) is 9.82 Å². The lowest BCUT2D eigenvalue weighted by molar-refractivity contribution is 0.553. The predicted octanol–water partition coefficient (Wildman–Crippen LogP) is 3.73. The molecule has 7 heteroatoms. The summed E-state index contributed by atoms with van der Waals surface area (Å²) in [5, 5.41) is 0.984. The second-order valence-corrected chi connectivity index (χ2v) is 5.07. The maximum absolute atomic E-state index is 13.9. The molecule has 0 spiro atoms. The normalized spacial score (nSPS) is 12.5. The molecule has 0 amide bonds. The monoisotopic (exact) mass is 319 g/mol. The van der Waals surface area contributed by atoms with Crippen LogP contribution in [0.4, 0.5) is 4.39 Å². The van der Waals surface area contributed by atoms with Gasteiger partial charge in [-0.3, -0.25) is 10.8 Å². The van der Waals surface area contributed by atoms with Crippen LogP contribution in [0.15, 0.2) is 30.5 Å². The van der Waals surface area contributed by atoms with Crippen LogP contribution in [0.1, 0.15) is 17.3 Å². The highest BCUT2D eigenvalue weighted by atomic mass is 35.5. The zero-order valence-electron chi connectivity index (χ0n) is 9.50. The Hall–Kier alpha value is -0.910. The van der Waals surface area contributed by atoms with Crippen LogP contribution in [0.5, 0.6) is 0 Å². The standard InChI is InChI=1S/C12H9Cl3FN3/c13-6-1-2-8(10(16)4-6)11(19-17)12-9(15)3-7(14)5-18-12/h1-5,11,19H,17H2. The highest BCUT2D eigenvalue weighted by molar-refractivity contribution is 6.34. The molecule has 0 fully saturated rings. The molecule has 0 bridgehead atoms. The Kier molecular flexibility index (Phi) is 4.60. The molecule has 1 unspecified atom stereocenters. The molecular formula is C12H9Cl3FN3. The van der Waals surface area contributed by atoms with E-state index in [0.717, 1.165) is 0 Å². The molecule has 19 heavy (non-hydrogen) atoms. The molecule has 0 radical (unpaired) electrons. The molecule has 1 aromatic carbocycles. The largest absolute Gasteiger partial charge is 0.271 e. The predicted molar refractivity (Wildman–Crippen MR) is 74.8 cm³/mol. The molecule has 2 rings (SSSR count). The minimum atomic E-state index is -0.693. The summed E-state index contributed by atoms with van der Waals surface area (Å²) in [5.74, 6) is 4.97. The fourth-order valence-corrected chi connectivity index (χ4v) is 2.34. The van der Waals surface area contributed by atoms with Crippen LogP contribution >= 0.6 is 34.8 Å². The van der Waals surface area contributed by atoms with Gasteiger partial charge < -0.3 is 0 Å². The molecular weight excluding hydrogens is 312 g/mol. The first-order valence-electron chi connectivity index (χ1n) is 5.25. The Bertz CT molecular complexity index is 555. The van der Waals surface area contributed by atoms with Gasteiger partial charge in [0, 0.05) is 16.8 Å². The van der Waals surface area contributed by atoms with E-state index in [-0.39, 0.29) is 0 Å². The van der Waals surface area contributed by atoms with Gasteiger partial charge in [0.05, 0.1) is 21.8 Å². The third kappa shape index (κ3) is 3.16. The third-order valence-electron chi connectivity index (χ3n) is 2.55. The number of benzene rings is 1. The smallest absolute Gasteiger partial charge is 0.129 e. The highest BCUT2D eigenvalue weighted by Gasteiger charge is 2.21. The van der Waals surface area contributed by atoms with E-state index in [9.17, 15) is 4.39 Å². The number of hydrogen-bond acceptors (Lipinski definition) is 3. The molecule has 0 aliphatic rings. The zero-order chi connectivity index (χ0) is 14.0. The summed E-state index contributed by atoms with van der Waals surface area (Å²) in [7, 11) is 0. The van der Waals surface area contributed by atoms with E-state index in [2.05, 4.69) is 10.4 Å². The van der Waals surface area contributed by atoms with Crippen molar-refractivity contribution in [2.75, 3.05) is 0 Å². The van der Waals surface area contributed by atoms with Crippen molar-refractivity contribution in [3.63, 3.8) is 0 Å². The highest BCUT2D eigenvalue weighted by Crippen LogP contribution is 2.30. The van der Waals surface area contributed by atoms with E-state index in [0.29, 0.717) is 26.3 Å². The molecule has 0 saturated heterocycles. The molecule has 100 valence electrons. The van der Waals surface area contributed by atoms with Crippen molar-refractivity contribution in [1.82, 2.24) is 10.4 Å². The number of hydrazine groups is 1. The van der Waals surface area contributed by atoms with Crippen LogP contribution in [0, 0.1) is 5.82 Å². The van der Waals surface area contributed by atoms with Crippen LogP contribution < -0.4 is 11.3 Å². The fraction of sp³-hybridized carbons (Fsp3) is 0.0833. The van der Waals surface area contributed by atoms with Crippen molar-refractivity contribution < 1.29 is 4.39 Å². The third-order valence-corrected chi connectivity index (χ3v) is 3.29. The van der Waals surface area contributed by atoms with Crippen molar-refractivity contribution >= 4 is 34.8 Å². The molecule has 3 N–H and O–H groups in total. The number of halogens is 4. The summed E-state index contributed by atoms with van der Waals surface area (Å²) in [5.41, 5.74) is 3.16. The van der Waals surface area contributed by atoms with Crippen LogP contribution in [0.3, 0.4) is 0 Å². The van der Waals surface area contributed by atoms with Gasteiger partial charge in [-0.15, -0.1) is 0 Å². The molecule has 0 aliphatic heterocycles. The lowest BCUT2D eigenvalue weighted by Gasteiger charge is -2.18. The molecule has 1 heterocycles. The van der Waals surface area contributed by atoms with Crippen molar-refractivity contribution in [2.45, 2.75) is 6.04 Å². The first-order valence-corrected chi connectivity index (χ1v) is 6.38. The Morgan fingerprint density at radius 3 is 2.47 bits per heavy atom. The van der Waals surface area contributed by atoms with Crippen LogP contribution in [0.25, 0.3) is 0 Å². The molecule has 0 aliphatic carbocycles. The summed E-state index contributed by atoms with van der Waals surface area (Å²) in [6, 6.07) is 5.11. The van der Waals surface area contributed by atoms with E-state index in [1.165, 1.54) is 24.4 Å². The minimum Gasteiger partial charge on any atom is -0.271 e. The number of nitrogens with one attached hydrogen (secondary N) is 1. The first kappa shape index (κ1) is 14.5. The topological polar surface area (TPSA) is 50.9 Å². The number of pyridine rings is 1. The number of rotatable bonds is 3. The van der Waals surface area contributed by atoms with Crippen molar-refractivity contribution in [2.24, 2.45) is 5.84 Å². The molecule has 0 saturated carbocycles. The summed E-state index contributed by atoms with van der Waals surface area (Å²) in [6.45, 7) is 0. The molecule has 3 nitrogen and oxygen atoms in total. The second kappa shape index (κ2) is 6.03. The van der Waals surface area contributed by atoms with Gasteiger partial charge in [0.1, 0.15) is 5.82 Å². The van der Waals surface area contributed by atoms with Gasteiger partial charge in [-0.1, -0.05) is 40.9 Å². The second-order valence-electron chi connectivity index (χ2n) is 3.79. The Morgan fingerprint density at radius 2 is 1.89 bits per heavy atom. The van der Waals surface area contributed by atoms with Gasteiger partial charge >= 0.3 is 0 Å². The van der Waals surface area contributed by atoms with Crippen molar-refractivity contribution in [3.8, 4) is 0 Å². The average molecular weight is 321 g/mol. The van der Waals surface area contributed by atoms with Gasteiger partial charge in [0.15, 0.2) is 0 Å². The van der Waals surface area contributed by atoms with E-state index < -0.39 is 11.9 Å². The number of hydrogen-bond donors (Lipinski definition) is 2. The summed E-state index contributed by atoms with van der Waals surface area (Å²) in [4.78, 5) is 4.08. The minimum absolute atomic E-state index is 0.295. The van der Waals surface area contributed by atoms with Gasteiger partial charge in [-0.2, -0.15) is 0 Å². The molecule has 2 aromatic rings. The average Bonchev–Trinajstić information content (AvgIpc) is 2.34. The lowest BCUT2D eigenvalue weighted by atomic mass is 10.0. The van der Waals surface area contributed by atoms with E-state index in [4.69, 9.17) is 40.6 Å². The van der Waals surface area contributed by atoms with Crippen LogP contribution in [0.2, 0.25) is 15.1 Å². The Balaban J connectivity index is 2.50. The molecule has 1 aromatic heterocycles. The maximum Gasteiger partial charge on any atom is 0.129 e. The number of nitrogens with zero attached hydrogens (tertiary/aromatic N) is 1. The summed E-state index contributed by atoms with van der Waals surface area (Å²) in [6.07, 6.45) is 1.42. The Morgan fingerprint density at radius 1 is 1.16 bits per heavy atom. The van der Waals surface area contributed by atoms with Gasteiger partial charge in [0.2, 0.25) is 0 Å². The van der Waals surface area contributed by atoms with Crippen LogP contribution in [-0.2, 0) is 0 Å². The van der Waals surface area contributed by atoms with Gasteiger partial charge in [0.25, 0.3) is 0 Å². The van der Waals surface area contributed by atoms with E-state index in [1.807, 2.05) is 0 Å². The molecule has 1 atom stereocenters. The number of aromatic nitrogens is 1. The Labute approximate surface area is 124 Å². The van der Waals surface area contributed by atoms with E-state index >= 15 is 0 Å². The summed E-state index contributed by atoms with van der Waals surface area (Å²) < 4.78 is 13.9. The zero-order valence-corrected chi connectivity index (χ0v) is 11.8. The number of nitrogens with two attached hydrogens (primary N) is 1. The quantitative estimate of drug-likeness (QED) is 0.669. The fourth-order valence-electron chi connectivity index (χ4n) is 1.69. The van der Waals surface area contributed by atoms with Crippen molar-refractivity contribution in [1.29, 1.82) is 0 Å².